The van der Waals surface area contributed by atoms with Crippen LogP contribution in [0.4, 0.5) is 4.79 Å². The number of carbonyl (C=O) groups excluding carboxylic acids is 2. The average Bonchev–Trinajstić information content (AvgIpc) is 2.27. The summed E-state index contributed by atoms with van der Waals surface area (Å²) in [5.41, 5.74) is -0.863. The molecule has 0 aliphatic carbocycles. The molecule has 0 aromatic rings. The van der Waals surface area contributed by atoms with Gasteiger partial charge in [-0.3, -0.25) is 4.79 Å². The maximum Gasteiger partial charge on any atom is 0.410 e. The lowest BCUT2D eigenvalue weighted by Gasteiger charge is -2.38. The number of piperidine rings is 1. The maximum atomic E-state index is 12.0. The number of likely N-dealkylation sites (tertiary alicyclic amines) is 1. The van der Waals surface area contributed by atoms with Gasteiger partial charge in [0.15, 0.2) is 5.78 Å². The molecule has 0 bridgehead atoms. The van der Waals surface area contributed by atoms with Crippen molar-refractivity contribution in [2.45, 2.75) is 46.1 Å². The molecule has 1 saturated heterocycles. The Morgan fingerprint density at radius 3 is 2.16 bits per heavy atom. The highest BCUT2D eigenvalue weighted by Crippen LogP contribution is 2.32. The molecule has 1 aliphatic rings. The van der Waals surface area contributed by atoms with Crippen LogP contribution in [-0.4, -0.2) is 49.2 Å². The van der Waals surface area contributed by atoms with Crippen LogP contribution in [0.1, 0.15) is 40.5 Å². The Morgan fingerprint density at radius 1 is 1.21 bits per heavy atom. The number of carbonyl (C=O) groups is 2. The van der Waals surface area contributed by atoms with E-state index in [1.54, 1.807) is 4.90 Å². The second-order valence-corrected chi connectivity index (χ2v) is 6.38. The van der Waals surface area contributed by atoms with Crippen molar-refractivity contribution in [3.63, 3.8) is 0 Å². The van der Waals surface area contributed by atoms with Gasteiger partial charge in [0.2, 0.25) is 0 Å². The van der Waals surface area contributed by atoms with Crippen LogP contribution in [0, 0.1) is 5.41 Å². The van der Waals surface area contributed by atoms with Crippen molar-refractivity contribution in [3.8, 4) is 0 Å². The predicted molar refractivity (Wildman–Crippen MR) is 72.0 cm³/mol. The van der Waals surface area contributed by atoms with Crippen molar-refractivity contribution in [2.24, 2.45) is 5.41 Å². The summed E-state index contributed by atoms with van der Waals surface area (Å²) in [4.78, 5) is 25.6. The lowest BCUT2D eigenvalue weighted by Crippen LogP contribution is -2.47. The average molecular weight is 271 g/mol. The third-order valence-corrected chi connectivity index (χ3v) is 3.47. The Hall–Kier alpha value is -1.10. The SMILES string of the molecule is COCC(=O)C1(C)CCN(C(=O)OC(C)(C)C)CC1. The van der Waals surface area contributed by atoms with E-state index in [0.29, 0.717) is 25.9 Å². The van der Waals surface area contributed by atoms with Gasteiger partial charge in [-0.1, -0.05) is 6.92 Å². The first-order valence-electron chi connectivity index (χ1n) is 6.68. The molecular weight excluding hydrogens is 246 g/mol. The first kappa shape index (κ1) is 16.0. The first-order valence-corrected chi connectivity index (χ1v) is 6.68. The highest BCUT2D eigenvalue weighted by molar-refractivity contribution is 5.86. The molecule has 0 N–H and O–H groups in total. The van der Waals surface area contributed by atoms with Crippen molar-refractivity contribution in [2.75, 3.05) is 26.8 Å². The molecule has 5 heteroatoms. The standard InChI is InChI=1S/C14H25NO4/c1-13(2,3)19-12(17)15-8-6-14(4,7-9-15)11(16)10-18-5/h6-10H2,1-5H3. The maximum absolute atomic E-state index is 12.0. The monoisotopic (exact) mass is 271 g/mol. The van der Waals surface area contributed by atoms with Crippen LogP contribution >= 0.6 is 0 Å². The minimum atomic E-state index is -0.482. The largest absolute Gasteiger partial charge is 0.444 e. The Morgan fingerprint density at radius 2 is 1.74 bits per heavy atom. The topological polar surface area (TPSA) is 55.8 Å². The van der Waals surface area contributed by atoms with Crippen molar-refractivity contribution < 1.29 is 19.1 Å². The number of hydrogen-bond acceptors (Lipinski definition) is 4. The highest BCUT2D eigenvalue weighted by atomic mass is 16.6. The van der Waals surface area contributed by atoms with Gasteiger partial charge in [0, 0.05) is 25.6 Å². The van der Waals surface area contributed by atoms with Crippen LogP contribution in [0.3, 0.4) is 0 Å². The van der Waals surface area contributed by atoms with Gasteiger partial charge in [-0.25, -0.2) is 4.79 Å². The molecule has 0 aromatic heterocycles. The summed E-state index contributed by atoms with van der Waals surface area (Å²) in [6, 6.07) is 0. The fraction of sp³-hybridized carbons (Fsp3) is 0.857. The second-order valence-electron chi connectivity index (χ2n) is 6.38. The molecule has 0 radical (unpaired) electrons. The number of hydrogen-bond donors (Lipinski definition) is 0. The lowest BCUT2D eigenvalue weighted by atomic mass is 9.77. The zero-order valence-electron chi connectivity index (χ0n) is 12.6. The molecule has 1 aliphatic heterocycles. The van der Waals surface area contributed by atoms with Gasteiger partial charge in [-0.05, 0) is 33.6 Å². The van der Waals surface area contributed by atoms with E-state index in [0.717, 1.165) is 0 Å². The molecule has 0 saturated carbocycles. The number of ketones is 1. The second kappa shape index (κ2) is 5.90. The number of rotatable bonds is 3. The fourth-order valence-electron chi connectivity index (χ4n) is 2.09. The summed E-state index contributed by atoms with van der Waals surface area (Å²) in [5.74, 6) is 0.110. The van der Waals surface area contributed by atoms with Crippen LogP contribution in [0.5, 0.6) is 0 Å². The Bertz CT molecular complexity index is 338. The van der Waals surface area contributed by atoms with E-state index >= 15 is 0 Å². The van der Waals surface area contributed by atoms with E-state index in [1.807, 2.05) is 27.7 Å². The Balaban J connectivity index is 2.53. The van der Waals surface area contributed by atoms with Crippen LogP contribution in [0.25, 0.3) is 0 Å². The number of ether oxygens (including phenoxy) is 2. The van der Waals surface area contributed by atoms with Crippen LogP contribution in [-0.2, 0) is 14.3 Å². The van der Waals surface area contributed by atoms with Crippen LogP contribution < -0.4 is 0 Å². The molecule has 0 aromatic carbocycles. The molecule has 1 amide bonds. The summed E-state index contributed by atoms with van der Waals surface area (Å²) < 4.78 is 10.2. The van der Waals surface area contributed by atoms with Crippen molar-refractivity contribution in [1.82, 2.24) is 4.90 Å². The van der Waals surface area contributed by atoms with Gasteiger partial charge in [0.1, 0.15) is 12.2 Å². The van der Waals surface area contributed by atoms with Crippen LogP contribution in [0.15, 0.2) is 0 Å². The third kappa shape index (κ3) is 4.49. The van der Waals surface area contributed by atoms with E-state index < -0.39 is 5.60 Å². The van der Waals surface area contributed by atoms with E-state index in [9.17, 15) is 9.59 Å². The molecule has 0 spiro atoms. The molecule has 0 unspecified atom stereocenters. The Labute approximate surface area is 115 Å². The van der Waals surface area contributed by atoms with Crippen molar-refractivity contribution in [3.05, 3.63) is 0 Å². The van der Waals surface area contributed by atoms with Gasteiger partial charge in [0.25, 0.3) is 0 Å². The summed E-state index contributed by atoms with van der Waals surface area (Å²) >= 11 is 0. The van der Waals surface area contributed by atoms with Gasteiger partial charge in [-0.15, -0.1) is 0 Å². The predicted octanol–water partition coefficient (Wildman–Crippen LogP) is 2.24. The van der Waals surface area contributed by atoms with Gasteiger partial charge in [-0.2, -0.15) is 0 Å². The number of nitrogens with zero attached hydrogens (tertiary/aromatic N) is 1. The summed E-state index contributed by atoms with van der Waals surface area (Å²) in [7, 11) is 1.52. The van der Waals surface area contributed by atoms with Crippen molar-refractivity contribution in [1.29, 1.82) is 0 Å². The highest BCUT2D eigenvalue weighted by Gasteiger charge is 2.38. The zero-order chi connectivity index (χ0) is 14.7. The van der Waals surface area contributed by atoms with E-state index in [-0.39, 0.29) is 23.9 Å². The van der Waals surface area contributed by atoms with Gasteiger partial charge >= 0.3 is 6.09 Å². The van der Waals surface area contributed by atoms with E-state index in [1.165, 1.54) is 7.11 Å². The molecule has 1 rings (SSSR count). The number of amides is 1. The molecule has 1 fully saturated rings. The molecule has 0 atom stereocenters. The molecule has 110 valence electrons. The smallest absolute Gasteiger partial charge is 0.410 e. The minimum Gasteiger partial charge on any atom is -0.444 e. The quantitative estimate of drug-likeness (QED) is 0.790. The Kier molecular flexibility index (Phi) is 4.96. The molecular formula is C14H25NO4. The van der Waals surface area contributed by atoms with Gasteiger partial charge < -0.3 is 14.4 Å². The minimum absolute atomic E-state index is 0.110. The third-order valence-electron chi connectivity index (χ3n) is 3.47. The molecule has 19 heavy (non-hydrogen) atoms. The van der Waals surface area contributed by atoms with E-state index in [2.05, 4.69) is 0 Å². The molecule has 1 heterocycles. The zero-order valence-corrected chi connectivity index (χ0v) is 12.6. The van der Waals surface area contributed by atoms with E-state index in [4.69, 9.17) is 9.47 Å². The van der Waals surface area contributed by atoms with Gasteiger partial charge in [0.05, 0.1) is 0 Å². The summed E-state index contributed by atoms with van der Waals surface area (Å²) in [6.07, 6.45) is 1.02. The van der Waals surface area contributed by atoms with Crippen molar-refractivity contribution >= 4 is 11.9 Å². The first-order chi connectivity index (χ1) is 8.68. The molecule has 5 nitrogen and oxygen atoms in total. The summed E-state index contributed by atoms with van der Waals surface area (Å²) in [5, 5.41) is 0. The lowest BCUT2D eigenvalue weighted by molar-refractivity contribution is -0.134. The normalized spacial score (nSPS) is 19.1. The summed E-state index contributed by atoms with van der Waals surface area (Å²) in [6.45, 7) is 8.74. The number of Topliss-reactive ketones (excluding diaryl/α,β-unsaturated/α-hetero) is 1. The van der Waals surface area contributed by atoms with Crippen LogP contribution in [0.2, 0.25) is 0 Å². The number of methoxy groups -OCH3 is 1. The fourth-order valence-corrected chi connectivity index (χ4v) is 2.09.